The molecule has 0 unspecified atom stereocenters. The van der Waals surface area contributed by atoms with E-state index in [-0.39, 0.29) is 56.9 Å². The molecular weight excluding hydrogens is 237 g/mol. The summed E-state index contributed by atoms with van der Waals surface area (Å²) in [6, 6.07) is 0. The summed E-state index contributed by atoms with van der Waals surface area (Å²) >= 11 is 0. The van der Waals surface area contributed by atoms with E-state index in [9.17, 15) is 0 Å². The second-order valence-electron chi connectivity index (χ2n) is 2.97. The van der Waals surface area contributed by atoms with E-state index < -0.39 is 7.69 Å². The van der Waals surface area contributed by atoms with Crippen LogP contribution in [0.5, 0.6) is 0 Å². The second kappa shape index (κ2) is 25.0. The molecule has 88 valence electrons. The third-order valence-corrected chi connectivity index (χ3v) is 4.86. The molecule has 0 heterocycles. The van der Waals surface area contributed by atoms with E-state index >= 15 is 0 Å². The standard InChI is InChI=1S/C9H21P.BH2O2.K.H2O/c1-4-7-10(8-5-2)9-6-3;2-1-3;;/h4-9H2,1-3H3;1-2H;;1H2/q;-1;+1;. The second-order valence-corrected chi connectivity index (χ2v) is 5.65. The Morgan fingerprint density at radius 3 is 1.33 bits per heavy atom. The van der Waals surface area contributed by atoms with Crippen LogP contribution >= 0.6 is 7.92 Å². The predicted molar refractivity (Wildman–Crippen MR) is 65.4 cm³/mol. The first-order chi connectivity index (χ1) is 6.26. The average Bonchev–Trinajstić information content (AvgIpc) is 2.07. The van der Waals surface area contributed by atoms with Crippen LogP contribution in [0.1, 0.15) is 40.0 Å². The molecule has 0 saturated heterocycles. The molecule has 0 radical (unpaired) electrons. The van der Waals surface area contributed by atoms with Gasteiger partial charge in [-0.3, -0.25) is 0 Å². The maximum Gasteiger partial charge on any atom is 1.00 e. The van der Waals surface area contributed by atoms with Gasteiger partial charge in [-0.15, -0.1) is 7.92 Å². The van der Waals surface area contributed by atoms with Gasteiger partial charge in [0, 0.05) is 0 Å². The molecule has 0 aromatic rings. The predicted octanol–water partition coefficient (Wildman–Crippen LogP) is -2.52. The fourth-order valence-electron chi connectivity index (χ4n) is 1.28. The topological polar surface area (TPSA) is 74.8 Å². The normalized spacial score (nSPS) is 8.13. The molecule has 3 N–H and O–H groups in total. The van der Waals surface area contributed by atoms with Gasteiger partial charge in [0.15, 0.2) is 7.69 Å². The van der Waals surface area contributed by atoms with Crippen molar-refractivity contribution in [1.82, 2.24) is 0 Å². The van der Waals surface area contributed by atoms with Crippen LogP contribution in [-0.4, -0.2) is 36.7 Å². The maximum absolute atomic E-state index is 8.49. The Balaban J connectivity index is -0.000000108. The quantitative estimate of drug-likeness (QED) is 0.424. The van der Waals surface area contributed by atoms with Crippen LogP contribution in [0.4, 0.5) is 0 Å². The summed E-state index contributed by atoms with van der Waals surface area (Å²) in [5.74, 6) is 0. The molecule has 0 fully saturated rings. The van der Waals surface area contributed by atoms with E-state index in [4.69, 9.17) is 10.0 Å². The average molecular weight is 262 g/mol. The molecule has 15 heavy (non-hydrogen) atoms. The van der Waals surface area contributed by atoms with Crippen molar-refractivity contribution in [3.63, 3.8) is 0 Å². The first-order valence-electron chi connectivity index (χ1n) is 5.17. The molecule has 0 saturated carbocycles. The summed E-state index contributed by atoms with van der Waals surface area (Å²) in [5, 5.41) is 15.5. The fourth-order valence-corrected chi connectivity index (χ4v) is 3.85. The molecule has 0 aliphatic carbocycles. The molecule has 0 amide bonds. The summed E-state index contributed by atoms with van der Waals surface area (Å²) in [6.07, 6.45) is 8.72. The van der Waals surface area contributed by atoms with Crippen LogP contribution in [-0.2, 0) is 0 Å². The maximum atomic E-state index is 8.49. The Morgan fingerprint density at radius 2 is 1.20 bits per heavy atom. The zero-order valence-corrected chi connectivity index (χ0v) is 14.8. The van der Waals surface area contributed by atoms with Crippen molar-refractivity contribution in [1.29, 1.82) is 0 Å². The van der Waals surface area contributed by atoms with E-state index in [1.165, 1.54) is 37.7 Å². The molecule has 0 spiro atoms. The summed E-state index contributed by atoms with van der Waals surface area (Å²) in [6.45, 7) is 6.92. The van der Waals surface area contributed by atoms with Gasteiger partial charge >= 0.3 is 51.4 Å². The van der Waals surface area contributed by atoms with Gasteiger partial charge in [0.2, 0.25) is 0 Å². The van der Waals surface area contributed by atoms with Gasteiger partial charge in [0.1, 0.15) is 0 Å². The van der Waals surface area contributed by atoms with E-state index in [1.807, 2.05) is 0 Å². The van der Waals surface area contributed by atoms with Crippen LogP contribution in [0.15, 0.2) is 0 Å². The van der Waals surface area contributed by atoms with Crippen LogP contribution in [0, 0.1) is 0 Å². The summed E-state index contributed by atoms with van der Waals surface area (Å²) in [5.41, 5.74) is 0. The molecule has 0 atom stereocenters. The first-order valence-corrected chi connectivity index (χ1v) is 7.07. The molecule has 6 heteroatoms. The summed E-state index contributed by atoms with van der Waals surface area (Å²) in [7, 11) is -0.561. The molecule has 0 rings (SSSR count). The summed E-state index contributed by atoms with van der Waals surface area (Å²) < 4.78 is 0. The molecular formula is C9H25BKO3P. The first kappa shape index (κ1) is 25.8. The van der Waals surface area contributed by atoms with Gasteiger partial charge < -0.3 is 15.5 Å². The minimum absolute atomic E-state index is 0. The molecule has 0 aromatic heterocycles. The molecule has 0 bridgehead atoms. The van der Waals surface area contributed by atoms with Gasteiger partial charge in [-0.05, 0) is 18.5 Å². The monoisotopic (exact) mass is 262 g/mol. The fraction of sp³-hybridized carbons (Fsp3) is 1.00. The Labute approximate surface area is 139 Å². The van der Waals surface area contributed by atoms with E-state index in [1.54, 1.807) is 0 Å². The van der Waals surface area contributed by atoms with Crippen molar-refractivity contribution in [2.45, 2.75) is 40.0 Å². The van der Waals surface area contributed by atoms with Gasteiger partial charge in [0.25, 0.3) is 0 Å². The molecule has 0 aliphatic heterocycles. The Hall–Kier alpha value is 2.01. The third-order valence-electron chi connectivity index (χ3n) is 1.62. The minimum atomic E-state index is -1.00. The van der Waals surface area contributed by atoms with E-state index in [2.05, 4.69) is 20.8 Å². The molecule has 3 nitrogen and oxygen atoms in total. The van der Waals surface area contributed by atoms with Crippen molar-refractivity contribution in [2.75, 3.05) is 18.5 Å². The van der Waals surface area contributed by atoms with Crippen LogP contribution < -0.4 is 56.4 Å². The van der Waals surface area contributed by atoms with Crippen molar-refractivity contribution in [3.05, 3.63) is 0 Å². The van der Waals surface area contributed by atoms with Crippen LogP contribution in [0.3, 0.4) is 0 Å². The van der Waals surface area contributed by atoms with Gasteiger partial charge in [-0.2, -0.15) is 0 Å². The smallest absolute Gasteiger partial charge is 0.859 e. The van der Waals surface area contributed by atoms with Crippen LogP contribution in [0.25, 0.3) is 0 Å². The largest absolute Gasteiger partial charge is 1.00 e. The number of hydrogen-bond acceptors (Lipinski definition) is 2. The zero-order chi connectivity index (χ0) is 10.5. The van der Waals surface area contributed by atoms with Gasteiger partial charge in [-0.25, -0.2) is 0 Å². The Morgan fingerprint density at radius 1 is 1.00 bits per heavy atom. The Bertz CT molecular complexity index is 77.5. The van der Waals surface area contributed by atoms with Crippen molar-refractivity contribution in [3.8, 4) is 0 Å². The Kier molecular flexibility index (Phi) is 42.9. The van der Waals surface area contributed by atoms with Crippen molar-refractivity contribution < 1.29 is 66.9 Å². The molecule has 0 aromatic carbocycles. The van der Waals surface area contributed by atoms with Gasteiger partial charge in [0.05, 0.1) is 0 Å². The van der Waals surface area contributed by atoms with Crippen molar-refractivity contribution >= 4 is 15.6 Å². The van der Waals surface area contributed by atoms with Crippen molar-refractivity contribution in [2.24, 2.45) is 0 Å². The van der Waals surface area contributed by atoms with E-state index in [0.29, 0.717) is 7.92 Å². The summed E-state index contributed by atoms with van der Waals surface area (Å²) in [4.78, 5) is 0. The number of hydrogen-bond donors (Lipinski definition) is 1. The zero-order valence-electron chi connectivity index (χ0n) is 10.8. The van der Waals surface area contributed by atoms with E-state index in [0.717, 1.165) is 0 Å². The van der Waals surface area contributed by atoms with Gasteiger partial charge in [-0.1, -0.05) is 40.0 Å². The molecule has 0 aliphatic rings. The SMILES string of the molecule is CCCP(CCC)CCC.O.[K+].[O-]BO. The van der Waals surface area contributed by atoms with Crippen LogP contribution in [0.2, 0.25) is 0 Å². The minimum Gasteiger partial charge on any atom is -0.859 e. The third kappa shape index (κ3) is 25.9. The number of rotatable bonds is 6.